The number of carbonyl (C=O) groups excluding carboxylic acids is 1. The van der Waals surface area contributed by atoms with Gasteiger partial charge >= 0.3 is 11.9 Å². The molecule has 9 heteroatoms. The number of rotatable bonds is 4. The Morgan fingerprint density at radius 1 is 1.16 bits per heavy atom. The number of carboxylic acid groups (broad SMARTS) is 1. The van der Waals surface area contributed by atoms with E-state index in [0.29, 0.717) is 5.02 Å². The summed E-state index contributed by atoms with van der Waals surface area (Å²) in [5.41, 5.74) is 1.81. The third-order valence-electron chi connectivity index (χ3n) is 5.04. The van der Waals surface area contributed by atoms with Crippen LogP contribution in [0.2, 0.25) is 5.02 Å². The van der Waals surface area contributed by atoms with E-state index in [9.17, 15) is 9.59 Å². The third-order valence-corrected chi connectivity index (χ3v) is 6.40. The average molecular weight is 476 g/mol. The predicted octanol–water partition coefficient (Wildman–Crippen LogP) is 4.47. The van der Waals surface area contributed by atoms with Crippen LogP contribution in [0.4, 0.5) is 0 Å². The number of phenolic OH excluding ortho intramolecular Hbond substituents is 1. The molecule has 3 N–H and O–H groups in total. The van der Waals surface area contributed by atoms with Crippen LogP contribution in [0.5, 0.6) is 11.5 Å². The van der Waals surface area contributed by atoms with Crippen molar-refractivity contribution in [2.45, 2.75) is 19.0 Å². The van der Waals surface area contributed by atoms with Gasteiger partial charge in [0.1, 0.15) is 23.1 Å². The van der Waals surface area contributed by atoms with Crippen molar-refractivity contribution in [1.29, 1.82) is 0 Å². The fraction of sp³-hybridized carbons (Fsp3) is 0.217. The average Bonchev–Trinajstić information content (AvgIpc) is 3.25. The number of esters is 1. The highest BCUT2D eigenvalue weighted by Gasteiger charge is 2.32. The quantitative estimate of drug-likeness (QED) is 0.377. The molecule has 0 bridgehead atoms. The molecule has 1 atom stereocenters. The van der Waals surface area contributed by atoms with E-state index in [4.69, 9.17) is 31.7 Å². The molecule has 2 heterocycles. The summed E-state index contributed by atoms with van der Waals surface area (Å²) >= 11 is 8.07. The molecule has 32 heavy (non-hydrogen) atoms. The van der Waals surface area contributed by atoms with Gasteiger partial charge in [-0.2, -0.15) is 0 Å². The topological polar surface area (TPSA) is 107 Å². The summed E-state index contributed by atoms with van der Waals surface area (Å²) in [6.45, 7) is 1.59. The molecular formula is C23H22ClNO6S. The second-order valence-corrected chi connectivity index (χ2v) is 8.45. The second-order valence-electron chi connectivity index (χ2n) is 7.04. The molecule has 1 aliphatic heterocycles. The number of carbonyl (C=O) groups is 2. The number of methoxy groups -OCH3 is 1. The van der Waals surface area contributed by atoms with Gasteiger partial charge in [-0.25, -0.2) is 9.59 Å². The van der Waals surface area contributed by atoms with E-state index in [1.54, 1.807) is 11.3 Å². The summed E-state index contributed by atoms with van der Waals surface area (Å²) in [5, 5.41) is 28.9. The normalized spacial score (nSPS) is 13.9. The van der Waals surface area contributed by atoms with Gasteiger partial charge in [0.25, 0.3) is 0 Å². The molecule has 0 spiro atoms. The Labute approximate surface area is 194 Å². The van der Waals surface area contributed by atoms with Gasteiger partial charge in [0.05, 0.1) is 7.11 Å². The van der Waals surface area contributed by atoms with Crippen molar-refractivity contribution in [3.05, 3.63) is 80.5 Å². The van der Waals surface area contributed by atoms with Crippen molar-refractivity contribution in [2.24, 2.45) is 0 Å². The molecule has 4 rings (SSSR count). The summed E-state index contributed by atoms with van der Waals surface area (Å²) in [6.07, 6.45) is 0.963. The third kappa shape index (κ3) is 5.40. The van der Waals surface area contributed by atoms with Crippen molar-refractivity contribution in [3.63, 3.8) is 0 Å². The lowest BCUT2D eigenvalue weighted by molar-refractivity contribution is -0.147. The smallest absolute Gasteiger partial charge is 0.339 e. The maximum Gasteiger partial charge on any atom is 0.339 e. The molecule has 0 fully saturated rings. The van der Waals surface area contributed by atoms with Gasteiger partial charge in [0.15, 0.2) is 0 Å². The van der Waals surface area contributed by atoms with Crippen LogP contribution in [0, 0.1) is 0 Å². The van der Waals surface area contributed by atoms with Crippen LogP contribution in [0.15, 0.2) is 53.9 Å². The van der Waals surface area contributed by atoms with Gasteiger partial charge in [0, 0.05) is 23.0 Å². The molecule has 1 aliphatic rings. The lowest BCUT2D eigenvalue weighted by Crippen LogP contribution is -2.38. The monoisotopic (exact) mass is 475 g/mol. The molecule has 7 nitrogen and oxygen atoms in total. The van der Waals surface area contributed by atoms with E-state index in [2.05, 4.69) is 16.3 Å². The zero-order valence-electron chi connectivity index (χ0n) is 17.2. The largest absolute Gasteiger partial charge is 0.508 e. The molecule has 0 aliphatic carbocycles. The van der Waals surface area contributed by atoms with Crippen LogP contribution in [0.25, 0.3) is 0 Å². The van der Waals surface area contributed by atoms with Crippen LogP contribution in [-0.2, 0) is 22.5 Å². The number of halogens is 1. The first-order valence-electron chi connectivity index (χ1n) is 9.68. The van der Waals surface area contributed by atoms with E-state index in [1.165, 1.54) is 23.6 Å². The lowest BCUT2D eigenvalue weighted by atomic mass is 10.0. The molecule has 0 amide bonds. The van der Waals surface area contributed by atoms with E-state index >= 15 is 0 Å². The molecule has 168 valence electrons. The fourth-order valence-electron chi connectivity index (χ4n) is 3.47. The first-order valence-corrected chi connectivity index (χ1v) is 10.9. The maximum absolute atomic E-state index is 12.3. The number of carboxylic acids is 1. The standard InChI is InChI=1S/C16H16ClNO2S.C7H6O4/c1-20-16(19)15(12-4-2-3-5-13(12)17)18-8-6-14-11(10-18)7-9-21-14;8-4-1-2-6(9)5(3-4)7(10)11/h2-5,7,9,15H,6,8,10H2,1H3;1-3,8-9H,(H,10,11)/t15-;/m0./s1. The Morgan fingerprint density at radius 2 is 1.91 bits per heavy atom. The fourth-order valence-corrected chi connectivity index (χ4v) is 4.60. The van der Waals surface area contributed by atoms with Gasteiger partial charge in [-0.1, -0.05) is 29.8 Å². The second kappa shape index (κ2) is 10.5. The SMILES string of the molecule is COC(=O)[C@H](c1ccccc1Cl)N1CCc2sccc2C1.O=C(O)c1cc(O)ccc1O. The van der Waals surface area contributed by atoms with Crippen molar-refractivity contribution < 1.29 is 29.6 Å². The number of hydrogen-bond donors (Lipinski definition) is 3. The van der Waals surface area contributed by atoms with Crippen LogP contribution >= 0.6 is 22.9 Å². The number of fused-ring (bicyclic) bond motifs is 1. The van der Waals surface area contributed by atoms with E-state index < -0.39 is 12.0 Å². The zero-order valence-corrected chi connectivity index (χ0v) is 18.8. The molecule has 1 aromatic heterocycles. The van der Waals surface area contributed by atoms with Gasteiger partial charge in [0.2, 0.25) is 0 Å². The number of aromatic carboxylic acids is 1. The Hall–Kier alpha value is -3.07. The minimum absolute atomic E-state index is 0.180. The van der Waals surface area contributed by atoms with Gasteiger partial charge in [-0.3, -0.25) is 4.90 Å². The Balaban J connectivity index is 0.000000222. The summed E-state index contributed by atoms with van der Waals surface area (Å²) in [6, 6.07) is 12.5. The number of nitrogens with zero attached hydrogens (tertiary/aromatic N) is 1. The first kappa shape index (κ1) is 23.6. The molecule has 2 aromatic carbocycles. The van der Waals surface area contributed by atoms with Crippen LogP contribution in [-0.4, -0.2) is 45.8 Å². The van der Waals surface area contributed by atoms with E-state index in [1.807, 2.05) is 24.3 Å². The van der Waals surface area contributed by atoms with Gasteiger partial charge < -0.3 is 20.1 Å². The highest BCUT2D eigenvalue weighted by molar-refractivity contribution is 7.10. The number of aromatic hydroxyl groups is 2. The maximum atomic E-state index is 12.3. The molecule has 0 saturated carbocycles. The molecule has 0 unspecified atom stereocenters. The van der Waals surface area contributed by atoms with Crippen LogP contribution in [0.1, 0.15) is 32.4 Å². The summed E-state index contributed by atoms with van der Waals surface area (Å²) in [5.74, 6) is -2.06. The molecule has 0 radical (unpaired) electrons. The first-order chi connectivity index (χ1) is 15.3. The minimum Gasteiger partial charge on any atom is -0.508 e. The number of hydrogen-bond acceptors (Lipinski definition) is 7. The van der Waals surface area contributed by atoms with Crippen molar-refractivity contribution in [3.8, 4) is 11.5 Å². The van der Waals surface area contributed by atoms with E-state index in [-0.39, 0.29) is 23.0 Å². The lowest BCUT2D eigenvalue weighted by Gasteiger charge is -2.33. The zero-order chi connectivity index (χ0) is 23.3. The summed E-state index contributed by atoms with van der Waals surface area (Å²) < 4.78 is 5.01. The Bertz CT molecular complexity index is 1120. The summed E-state index contributed by atoms with van der Waals surface area (Å²) in [7, 11) is 1.42. The van der Waals surface area contributed by atoms with Crippen molar-refractivity contribution in [1.82, 2.24) is 4.90 Å². The molecular weight excluding hydrogens is 454 g/mol. The van der Waals surface area contributed by atoms with Crippen molar-refractivity contribution >= 4 is 34.9 Å². The van der Waals surface area contributed by atoms with Gasteiger partial charge in [-0.15, -0.1) is 11.3 Å². The molecule has 0 saturated heterocycles. The minimum atomic E-state index is -1.27. The number of benzene rings is 2. The Morgan fingerprint density at radius 3 is 2.56 bits per heavy atom. The number of phenols is 2. The number of thiophene rings is 1. The highest BCUT2D eigenvalue weighted by Crippen LogP contribution is 2.33. The molecule has 3 aromatic rings. The Kier molecular flexibility index (Phi) is 7.74. The highest BCUT2D eigenvalue weighted by atomic mass is 35.5. The van der Waals surface area contributed by atoms with Crippen molar-refractivity contribution in [2.75, 3.05) is 13.7 Å². The van der Waals surface area contributed by atoms with Gasteiger partial charge in [-0.05, 0) is 53.3 Å². The van der Waals surface area contributed by atoms with Crippen LogP contribution < -0.4 is 0 Å². The summed E-state index contributed by atoms with van der Waals surface area (Å²) in [4.78, 5) is 26.1. The van der Waals surface area contributed by atoms with E-state index in [0.717, 1.165) is 37.2 Å². The number of ether oxygens (including phenoxy) is 1. The van der Waals surface area contributed by atoms with Crippen LogP contribution in [0.3, 0.4) is 0 Å². The predicted molar refractivity (Wildman–Crippen MR) is 121 cm³/mol.